The second-order valence-corrected chi connectivity index (χ2v) is 7.26. The lowest BCUT2D eigenvalue weighted by Crippen LogP contribution is -2.14. The molecule has 0 spiro atoms. The van der Waals surface area contributed by atoms with Gasteiger partial charge in [-0.05, 0) is 30.5 Å². The van der Waals surface area contributed by atoms with E-state index in [4.69, 9.17) is 5.11 Å². The Hall–Kier alpha value is -2.37. The third-order valence-electron chi connectivity index (χ3n) is 4.96. The predicted octanol–water partition coefficient (Wildman–Crippen LogP) is 5.63. The van der Waals surface area contributed by atoms with Crippen LogP contribution in [0.3, 0.4) is 0 Å². The van der Waals surface area contributed by atoms with E-state index in [1.54, 1.807) is 0 Å². The minimum atomic E-state index is -1.43. The molecular formula is C22H32O6. The molecule has 156 valence electrons. The average molecular weight is 392 g/mol. The van der Waals surface area contributed by atoms with Crippen LogP contribution in [0.1, 0.15) is 114 Å². The molecule has 0 unspecified atom stereocenters. The van der Waals surface area contributed by atoms with Crippen molar-refractivity contribution in [1.29, 1.82) is 0 Å². The second-order valence-electron chi connectivity index (χ2n) is 7.26. The second kappa shape index (κ2) is 12.9. The lowest BCUT2D eigenvalue weighted by molar-refractivity contribution is 0.0648. The van der Waals surface area contributed by atoms with Gasteiger partial charge in [0, 0.05) is 0 Å². The summed E-state index contributed by atoms with van der Waals surface area (Å²) >= 11 is 0. The molecule has 0 aromatic heterocycles. The fourth-order valence-corrected chi connectivity index (χ4v) is 3.42. The lowest BCUT2D eigenvalue weighted by Gasteiger charge is -2.11. The van der Waals surface area contributed by atoms with Crippen LogP contribution in [0.4, 0.5) is 0 Å². The molecule has 1 aromatic rings. The zero-order valence-electron chi connectivity index (χ0n) is 16.7. The number of benzene rings is 1. The lowest BCUT2D eigenvalue weighted by atomic mass is 9.93. The summed E-state index contributed by atoms with van der Waals surface area (Å²) in [5.41, 5.74) is -0.684. The van der Waals surface area contributed by atoms with Crippen LogP contribution in [0.15, 0.2) is 12.1 Å². The van der Waals surface area contributed by atoms with Crippen LogP contribution in [0.2, 0.25) is 0 Å². The molecule has 0 radical (unpaired) electrons. The third-order valence-corrected chi connectivity index (χ3v) is 4.96. The maximum absolute atomic E-state index is 11.5. The largest absolute Gasteiger partial charge is 0.478 e. The van der Waals surface area contributed by atoms with Crippen molar-refractivity contribution in [1.82, 2.24) is 0 Å². The molecule has 0 amide bonds. The van der Waals surface area contributed by atoms with E-state index in [2.05, 4.69) is 6.92 Å². The number of rotatable bonds is 15. The minimum absolute atomic E-state index is 0.194. The van der Waals surface area contributed by atoms with Crippen molar-refractivity contribution >= 4 is 17.9 Å². The monoisotopic (exact) mass is 392 g/mol. The molecule has 0 saturated carbocycles. The first-order valence-electron chi connectivity index (χ1n) is 10.2. The summed E-state index contributed by atoms with van der Waals surface area (Å²) < 4.78 is 0. The Labute approximate surface area is 166 Å². The first-order chi connectivity index (χ1) is 13.4. The van der Waals surface area contributed by atoms with Gasteiger partial charge in [0.15, 0.2) is 0 Å². The highest BCUT2D eigenvalue weighted by Crippen LogP contribution is 2.22. The number of aryl methyl sites for hydroxylation is 1. The van der Waals surface area contributed by atoms with Gasteiger partial charge < -0.3 is 15.3 Å². The molecule has 1 rings (SSSR count). The summed E-state index contributed by atoms with van der Waals surface area (Å²) in [5.74, 6) is -4.03. The van der Waals surface area contributed by atoms with Gasteiger partial charge in [-0.1, -0.05) is 71.1 Å². The van der Waals surface area contributed by atoms with E-state index in [1.807, 2.05) is 0 Å². The maximum atomic E-state index is 11.5. The number of hydrogen-bond acceptors (Lipinski definition) is 3. The van der Waals surface area contributed by atoms with E-state index in [-0.39, 0.29) is 16.7 Å². The van der Waals surface area contributed by atoms with Crippen molar-refractivity contribution < 1.29 is 29.7 Å². The van der Waals surface area contributed by atoms with Gasteiger partial charge in [-0.3, -0.25) is 0 Å². The van der Waals surface area contributed by atoms with Gasteiger partial charge in [-0.2, -0.15) is 0 Å². The molecule has 0 aliphatic carbocycles. The molecule has 0 saturated heterocycles. The Morgan fingerprint density at radius 1 is 0.679 bits per heavy atom. The fourth-order valence-electron chi connectivity index (χ4n) is 3.42. The molecule has 28 heavy (non-hydrogen) atoms. The van der Waals surface area contributed by atoms with Crippen molar-refractivity contribution in [2.75, 3.05) is 0 Å². The molecular weight excluding hydrogens is 360 g/mol. The van der Waals surface area contributed by atoms with E-state index < -0.39 is 23.5 Å². The molecule has 0 bridgehead atoms. The van der Waals surface area contributed by atoms with Crippen LogP contribution in [-0.2, 0) is 6.42 Å². The Balaban J connectivity index is 2.52. The standard InChI is InChI=1S/C22H32O6/c1-2-3-4-5-6-7-8-9-10-11-12-13-16-14-17(20(23)24)15-18(21(25)26)19(16)22(27)28/h14-15H,2-13H2,1H3,(H,23,24)(H,25,26)(H,27,28). The highest BCUT2D eigenvalue weighted by atomic mass is 16.4. The van der Waals surface area contributed by atoms with Crippen LogP contribution in [0, 0.1) is 0 Å². The Kier molecular flexibility index (Phi) is 10.9. The van der Waals surface area contributed by atoms with Crippen molar-refractivity contribution in [2.24, 2.45) is 0 Å². The van der Waals surface area contributed by atoms with Crippen molar-refractivity contribution in [3.8, 4) is 0 Å². The Morgan fingerprint density at radius 2 is 1.18 bits per heavy atom. The predicted molar refractivity (Wildman–Crippen MR) is 107 cm³/mol. The van der Waals surface area contributed by atoms with Crippen molar-refractivity contribution in [3.63, 3.8) is 0 Å². The summed E-state index contributed by atoms with van der Waals surface area (Å²) in [5, 5.41) is 27.8. The van der Waals surface area contributed by atoms with E-state index in [0.29, 0.717) is 12.8 Å². The molecule has 0 atom stereocenters. The SMILES string of the molecule is CCCCCCCCCCCCCc1cc(C(=O)O)cc(C(=O)O)c1C(=O)O. The fraction of sp³-hybridized carbons (Fsp3) is 0.591. The summed E-state index contributed by atoms with van der Waals surface area (Å²) in [6, 6.07) is 2.20. The molecule has 0 aliphatic heterocycles. The van der Waals surface area contributed by atoms with Gasteiger partial charge >= 0.3 is 17.9 Å². The number of carbonyl (C=O) groups is 3. The molecule has 1 aromatic carbocycles. The highest BCUT2D eigenvalue weighted by molar-refractivity contribution is 6.04. The van der Waals surface area contributed by atoms with Crippen molar-refractivity contribution in [3.05, 3.63) is 34.4 Å². The van der Waals surface area contributed by atoms with Crippen LogP contribution >= 0.6 is 0 Å². The number of carboxylic acid groups (broad SMARTS) is 3. The Bertz CT molecular complexity index is 665. The molecule has 0 aliphatic rings. The van der Waals surface area contributed by atoms with E-state index in [9.17, 15) is 24.6 Å². The first-order valence-corrected chi connectivity index (χ1v) is 10.2. The molecule has 3 N–H and O–H groups in total. The van der Waals surface area contributed by atoms with Gasteiger partial charge in [0.05, 0.1) is 16.7 Å². The third kappa shape index (κ3) is 8.11. The van der Waals surface area contributed by atoms with Gasteiger partial charge in [0.2, 0.25) is 0 Å². The molecule has 0 fully saturated rings. The van der Waals surface area contributed by atoms with E-state index >= 15 is 0 Å². The normalized spacial score (nSPS) is 10.8. The van der Waals surface area contributed by atoms with Crippen LogP contribution in [0.25, 0.3) is 0 Å². The van der Waals surface area contributed by atoms with Crippen LogP contribution in [0.5, 0.6) is 0 Å². The number of carboxylic acids is 3. The number of unbranched alkanes of at least 4 members (excludes halogenated alkanes) is 10. The van der Waals surface area contributed by atoms with Crippen LogP contribution in [-0.4, -0.2) is 33.2 Å². The van der Waals surface area contributed by atoms with Gasteiger partial charge in [-0.15, -0.1) is 0 Å². The van der Waals surface area contributed by atoms with Gasteiger partial charge in [0.1, 0.15) is 0 Å². The first kappa shape index (κ1) is 23.7. The maximum Gasteiger partial charge on any atom is 0.336 e. The molecule has 0 heterocycles. The molecule has 6 heteroatoms. The average Bonchev–Trinajstić information content (AvgIpc) is 2.65. The topological polar surface area (TPSA) is 112 Å². The zero-order valence-corrected chi connectivity index (χ0v) is 16.7. The summed E-state index contributed by atoms with van der Waals surface area (Å²) in [6.45, 7) is 2.21. The number of aromatic carboxylic acids is 3. The van der Waals surface area contributed by atoms with Gasteiger partial charge in [-0.25, -0.2) is 14.4 Å². The summed E-state index contributed by atoms with van der Waals surface area (Å²) in [7, 11) is 0. The quantitative estimate of drug-likeness (QED) is 0.333. The minimum Gasteiger partial charge on any atom is -0.478 e. The Morgan fingerprint density at radius 3 is 1.61 bits per heavy atom. The highest BCUT2D eigenvalue weighted by Gasteiger charge is 2.23. The van der Waals surface area contributed by atoms with Crippen LogP contribution < -0.4 is 0 Å². The van der Waals surface area contributed by atoms with Crippen molar-refractivity contribution in [2.45, 2.75) is 84.0 Å². The van der Waals surface area contributed by atoms with E-state index in [1.165, 1.54) is 51.0 Å². The number of hydrogen-bond donors (Lipinski definition) is 3. The van der Waals surface area contributed by atoms with Gasteiger partial charge in [0.25, 0.3) is 0 Å². The van der Waals surface area contributed by atoms with E-state index in [0.717, 1.165) is 25.3 Å². The summed E-state index contributed by atoms with van der Waals surface area (Å²) in [4.78, 5) is 34.1. The smallest absolute Gasteiger partial charge is 0.336 e. The molecule has 6 nitrogen and oxygen atoms in total. The zero-order chi connectivity index (χ0) is 20.9. The summed E-state index contributed by atoms with van der Waals surface area (Å²) in [6.07, 6.45) is 13.1.